The lowest BCUT2D eigenvalue weighted by Crippen LogP contribution is -2.09. The molecule has 0 spiro atoms. The molecule has 0 fully saturated rings. The molecule has 45 heavy (non-hydrogen) atoms. The molecule has 272 valence electrons. The normalized spacial score (nSPS) is 12.5. The van der Waals surface area contributed by atoms with Gasteiger partial charge < -0.3 is 0 Å². The maximum absolute atomic E-state index is 2.46. The van der Waals surface area contributed by atoms with Crippen LogP contribution in [0.25, 0.3) is 0 Å². The lowest BCUT2D eigenvalue weighted by atomic mass is 9.83. The van der Waals surface area contributed by atoms with Gasteiger partial charge in [-0.25, -0.2) is 0 Å². The summed E-state index contributed by atoms with van der Waals surface area (Å²) in [5.74, 6) is 2.02. The van der Waals surface area contributed by atoms with Gasteiger partial charge in [0.1, 0.15) is 0 Å². The van der Waals surface area contributed by atoms with Gasteiger partial charge in [-0.2, -0.15) is 0 Å². The zero-order valence-electron chi connectivity index (χ0n) is 32.7. The highest BCUT2D eigenvalue weighted by Crippen LogP contribution is 2.29. The van der Waals surface area contributed by atoms with Crippen LogP contribution in [0.1, 0.15) is 278 Å². The highest BCUT2D eigenvalue weighted by Gasteiger charge is 2.15. The zero-order chi connectivity index (χ0) is 32.7. The summed E-state index contributed by atoms with van der Waals surface area (Å²) < 4.78 is 0. The number of rotatable bonds is 40. The van der Waals surface area contributed by atoms with Crippen molar-refractivity contribution in [3.8, 4) is 0 Å². The predicted octanol–water partition coefficient (Wildman–Crippen LogP) is 17.5. The quantitative estimate of drug-likeness (QED) is 0.0590. The third kappa shape index (κ3) is 36.7. The van der Waals surface area contributed by atoms with Crippen LogP contribution < -0.4 is 0 Å². The molecule has 0 amide bonds. The van der Waals surface area contributed by atoms with Crippen LogP contribution in [0.5, 0.6) is 0 Å². The van der Waals surface area contributed by atoms with Gasteiger partial charge in [0.25, 0.3) is 0 Å². The minimum Gasteiger partial charge on any atom is -0.0654 e. The van der Waals surface area contributed by atoms with Crippen molar-refractivity contribution in [2.75, 3.05) is 0 Å². The van der Waals surface area contributed by atoms with Crippen molar-refractivity contribution >= 4 is 0 Å². The number of unbranched alkanes of at least 4 members (excludes halogenated alkanes) is 31. The van der Waals surface area contributed by atoms with Crippen LogP contribution in [0.2, 0.25) is 0 Å². The zero-order valence-corrected chi connectivity index (χ0v) is 32.7. The van der Waals surface area contributed by atoms with Gasteiger partial charge in [0.2, 0.25) is 0 Å². The van der Waals surface area contributed by atoms with Crippen molar-refractivity contribution in [1.29, 1.82) is 0 Å². The lowest BCUT2D eigenvalue weighted by molar-refractivity contribution is 0.295. The van der Waals surface area contributed by atoms with Crippen molar-refractivity contribution in [3.63, 3.8) is 0 Å². The number of hydrogen-bond acceptors (Lipinski definition) is 0. The summed E-state index contributed by atoms with van der Waals surface area (Å²) >= 11 is 0. The van der Waals surface area contributed by atoms with E-state index in [4.69, 9.17) is 0 Å². The minimum atomic E-state index is 0.997. The monoisotopic (exact) mass is 633 g/mol. The molecule has 0 aromatic rings. The van der Waals surface area contributed by atoms with E-state index in [1.54, 1.807) is 0 Å². The van der Waals surface area contributed by atoms with Crippen molar-refractivity contribution in [3.05, 3.63) is 0 Å². The molecule has 0 N–H and O–H groups in total. The third-order valence-electron chi connectivity index (χ3n) is 11.1. The molecule has 0 heteroatoms. The van der Waals surface area contributed by atoms with Crippen LogP contribution in [-0.2, 0) is 0 Å². The predicted molar refractivity (Wildman–Crippen MR) is 210 cm³/mol. The molecule has 1 atom stereocenters. The minimum absolute atomic E-state index is 0.997. The summed E-state index contributed by atoms with van der Waals surface area (Å²) in [7, 11) is 0. The second kappa shape index (κ2) is 40.2. The molecule has 0 bridgehead atoms. The van der Waals surface area contributed by atoms with E-state index in [0.717, 1.165) is 11.8 Å². The Bertz CT molecular complexity index is 458. The fourth-order valence-electron chi connectivity index (χ4n) is 7.80. The molecule has 1 unspecified atom stereocenters. The standard InChI is InChI=1S/C45H92/c1-5-9-12-14-16-18-20-22-24-26-28-30-32-34-36-38-41-45(43-44(8-4)40-11-7-3)42-39-37-35-33-31-29-27-25-23-21-19-17-15-13-10-6-2/h44-45H,5-43H2,1-4H3. The lowest BCUT2D eigenvalue weighted by Gasteiger charge is -2.23. The van der Waals surface area contributed by atoms with Crippen LogP contribution in [0.4, 0.5) is 0 Å². The highest BCUT2D eigenvalue weighted by molar-refractivity contribution is 4.68. The first kappa shape index (κ1) is 45.0. The van der Waals surface area contributed by atoms with Gasteiger partial charge in [0.05, 0.1) is 0 Å². The average molecular weight is 633 g/mol. The first-order chi connectivity index (χ1) is 22.3. The van der Waals surface area contributed by atoms with Gasteiger partial charge in [0.15, 0.2) is 0 Å². The van der Waals surface area contributed by atoms with Gasteiger partial charge in [0, 0.05) is 0 Å². The third-order valence-corrected chi connectivity index (χ3v) is 11.1. The SMILES string of the molecule is CCCCCCCCCCCCCCCCCCC(CCCCCCCCCCCCCCCCCC)CC(CC)CCCC. The van der Waals surface area contributed by atoms with Crippen molar-refractivity contribution in [1.82, 2.24) is 0 Å². The Morgan fingerprint density at radius 2 is 0.444 bits per heavy atom. The largest absolute Gasteiger partial charge is 0.0654 e. The summed E-state index contributed by atoms with van der Waals surface area (Å²) in [6, 6.07) is 0. The van der Waals surface area contributed by atoms with E-state index in [-0.39, 0.29) is 0 Å². The summed E-state index contributed by atoms with van der Waals surface area (Å²) in [4.78, 5) is 0. The Balaban J connectivity index is 3.81. The second-order valence-corrected chi connectivity index (χ2v) is 15.7. The molecule has 0 radical (unpaired) electrons. The molecular formula is C45H92. The van der Waals surface area contributed by atoms with Crippen LogP contribution >= 0.6 is 0 Å². The van der Waals surface area contributed by atoms with Crippen LogP contribution in [-0.4, -0.2) is 0 Å². The molecule has 0 nitrogen and oxygen atoms in total. The Kier molecular flexibility index (Phi) is 40.2. The molecule has 0 saturated heterocycles. The molecule has 0 saturated carbocycles. The first-order valence-corrected chi connectivity index (χ1v) is 22.3. The first-order valence-electron chi connectivity index (χ1n) is 22.3. The van der Waals surface area contributed by atoms with Gasteiger partial charge in [-0.15, -0.1) is 0 Å². The Hall–Kier alpha value is 0. The summed E-state index contributed by atoms with van der Waals surface area (Å²) in [6.45, 7) is 9.46. The van der Waals surface area contributed by atoms with E-state index in [1.807, 2.05) is 0 Å². The molecule has 0 heterocycles. The van der Waals surface area contributed by atoms with E-state index in [2.05, 4.69) is 27.7 Å². The van der Waals surface area contributed by atoms with Crippen LogP contribution in [0.3, 0.4) is 0 Å². The molecule has 0 aromatic heterocycles. The van der Waals surface area contributed by atoms with Crippen molar-refractivity contribution in [2.24, 2.45) is 11.8 Å². The van der Waals surface area contributed by atoms with Gasteiger partial charge in [-0.3, -0.25) is 0 Å². The smallest absolute Gasteiger partial charge is 0.0412 e. The van der Waals surface area contributed by atoms with Crippen molar-refractivity contribution < 1.29 is 0 Å². The molecule has 0 aliphatic rings. The van der Waals surface area contributed by atoms with Crippen LogP contribution in [0.15, 0.2) is 0 Å². The maximum atomic E-state index is 2.46. The van der Waals surface area contributed by atoms with Gasteiger partial charge in [-0.05, 0) is 18.3 Å². The molecule has 0 rings (SSSR count). The Morgan fingerprint density at radius 3 is 0.689 bits per heavy atom. The molecular weight excluding hydrogens is 540 g/mol. The van der Waals surface area contributed by atoms with Gasteiger partial charge >= 0.3 is 0 Å². The topological polar surface area (TPSA) is 0 Å². The average Bonchev–Trinajstić information content (AvgIpc) is 3.05. The summed E-state index contributed by atoms with van der Waals surface area (Å²) in [5, 5.41) is 0. The fraction of sp³-hybridized carbons (Fsp3) is 1.00. The Labute approximate surface area is 289 Å². The summed E-state index contributed by atoms with van der Waals surface area (Å²) in [6.07, 6.45) is 57.7. The van der Waals surface area contributed by atoms with E-state index in [0.29, 0.717) is 0 Å². The highest BCUT2D eigenvalue weighted by atomic mass is 14.2. The molecule has 0 aliphatic carbocycles. The van der Waals surface area contributed by atoms with E-state index in [1.165, 1.54) is 250 Å². The van der Waals surface area contributed by atoms with E-state index in [9.17, 15) is 0 Å². The number of hydrogen-bond donors (Lipinski definition) is 0. The molecule has 0 aliphatic heterocycles. The Morgan fingerprint density at radius 1 is 0.222 bits per heavy atom. The fourth-order valence-corrected chi connectivity index (χ4v) is 7.80. The summed E-state index contributed by atoms with van der Waals surface area (Å²) in [5.41, 5.74) is 0. The maximum Gasteiger partial charge on any atom is -0.0412 e. The van der Waals surface area contributed by atoms with E-state index < -0.39 is 0 Å². The van der Waals surface area contributed by atoms with Crippen LogP contribution in [0, 0.1) is 11.8 Å². The van der Waals surface area contributed by atoms with Gasteiger partial charge in [-0.1, -0.05) is 272 Å². The van der Waals surface area contributed by atoms with E-state index >= 15 is 0 Å². The second-order valence-electron chi connectivity index (χ2n) is 15.7. The molecule has 0 aromatic carbocycles. The van der Waals surface area contributed by atoms with Crippen molar-refractivity contribution in [2.45, 2.75) is 278 Å².